The van der Waals surface area contributed by atoms with Crippen LogP contribution in [0.2, 0.25) is 0 Å². The monoisotopic (exact) mass is 240 g/mol. The second-order valence-electron chi connectivity index (χ2n) is 5.91. The average Bonchev–Trinajstić information content (AvgIpc) is 3.12. The molecule has 2 aliphatic rings. The molecule has 1 aliphatic heterocycles. The standard InChI is InChI=1S/C13H24N2O2/c1-13(12(16)17,10-4-5-10)15-8-6-11(7-9-15)14(2)3/h10-11H,4-9H2,1-3H3,(H,16,17). The lowest BCUT2D eigenvalue weighted by molar-refractivity contribution is -0.153. The van der Waals surface area contributed by atoms with Crippen molar-refractivity contribution in [2.75, 3.05) is 27.2 Å². The molecule has 1 atom stereocenters. The minimum atomic E-state index is -0.636. The van der Waals surface area contributed by atoms with Gasteiger partial charge in [-0.25, -0.2) is 0 Å². The highest BCUT2D eigenvalue weighted by atomic mass is 16.4. The van der Waals surface area contributed by atoms with Gasteiger partial charge in [-0.2, -0.15) is 0 Å². The predicted octanol–water partition coefficient (Wildman–Crippen LogP) is 1.27. The van der Waals surface area contributed by atoms with Gasteiger partial charge >= 0.3 is 5.97 Å². The van der Waals surface area contributed by atoms with Crippen molar-refractivity contribution in [3.63, 3.8) is 0 Å². The van der Waals surface area contributed by atoms with Crippen LogP contribution in [0.3, 0.4) is 0 Å². The highest BCUT2D eigenvalue weighted by molar-refractivity contribution is 5.79. The fourth-order valence-electron chi connectivity index (χ4n) is 3.06. The van der Waals surface area contributed by atoms with Gasteiger partial charge in [-0.1, -0.05) is 0 Å². The van der Waals surface area contributed by atoms with Gasteiger partial charge in [-0.15, -0.1) is 0 Å². The molecule has 0 aromatic carbocycles. The van der Waals surface area contributed by atoms with E-state index < -0.39 is 11.5 Å². The Morgan fingerprint density at radius 1 is 1.24 bits per heavy atom. The van der Waals surface area contributed by atoms with E-state index in [2.05, 4.69) is 23.9 Å². The summed E-state index contributed by atoms with van der Waals surface area (Å²) in [5, 5.41) is 9.52. The summed E-state index contributed by atoms with van der Waals surface area (Å²) >= 11 is 0. The number of carboxylic acids is 1. The summed E-state index contributed by atoms with van der Waals surface area (Å²) in [6.07, 6.45) is 4.33. The molecule has 0 spiro atoms. The highest BCUT2D eigenvalue weighted by Gasteiger charge is 2.51. The summed E-state index contributed by atoms with van der Waals surface area (Å²) in [7, 11) is 4.22. The average molecular weight is 240 g/mol. The zero-order valence-corrected chi connectivity index (χ0v) is 11.1. The lowest BCUT2D eigenvalue weighted by Crippen LogP contribution is -2.58. The van der Waals surface area contributed by atoms with Gasteiger partial charge < -0.3 is 10.0 Å². The van der Waals surface area contributed by atoms with E-state index in [4.69, 9.17) is 0 Å². The Morgan fingerprint density at radius 2 is 1.76 bits per heavy atom. The second-order valence-corrected chi connectivity index (χ2v) is 5.91. The van der Waals surface area contributed by atoms with Crippen molar-refractivity contribution in [1.82, 2.24) is 9.80 Å². The van der Waals surface area contributed by atoms with Crippen molar-refractivity contribution in [2.24, 2.45) is 5.92 Å². The number of aliphatic carboxylic acids is 1. The lowest BCUT2D eigenvalue weighted by Gasteiger charge is -2.43. The van der Waals surface area contributed by atoms with Gasteiger partial charge in [-0.05, 0) is 52.6 Å². The van der Waals surface area contributed by atoms with Gasteiger partial charge in [-0.3, -0.25) is 9.69 Å². The van der Waals surface area contributed by atoms with E-state index >= 15 is 0 Å². The number of hydrogen-bond donors (Lipinski definition) is 1. The molecule has 4 nitrogen and oxygen atoms in total. The minimum Gasteiger partial charge on any atom is -0.480 e. The van der Waals surface area contributed by atoms with Crippen molar-refractivity contribution < 1.29 is 9.90 Å². The van der Waals surface area contributed by atoms with Gasteiger partial charge in [0, 0.05) is 19.1 Å². The normalized spacial score (nSPS) is 27.1. The summed E-state index contributed by atoms with van der Waals surface area (Å²) in [5.41, 5.74) is -0.614. The van der Waals surface area contributed by atoms with Crippen LogP contribution in [-0.2, 0) is 4.79 Å². The summed E-state index contributed by atoms with van der Waals surface area (Å²) in [6.45, 7) is 3.76. The molecule has 0 radical (unpaired) electrons. The molecular formula is C13H24N2O2. The maximum atomic E-state index is 11.6. The summed E-state index contributed by atoms with van der Waals surface area (Å²) < 4.78 is 0. The Hall–Kier alpha value is -0.610. The van der Waals surface area contributed by atoms with Crippen LogP contribution in [0.1, 0.15) is 32.6 Å². The zero-order valence-electron chi connectivity index (χ0n) is 11.1. The van der Waals surface area contributed by atoms with Gasteiger partial charge in [0.1, 0.15) is 5.54 Å². The largest absolute Gasteiger partial charge is 0.480 e. The third-order valence-electron chi connectivity index (χ3n) is 4.66. The number of hydrogen-bond acceptors (Lipinski definition) is 3. The molecule has 1 N–H and O–H groups in total. The van der Waals surface area contributed by atoms with Gasteiger partial charge in [0.25, 0.3) is 0 Å². The number of nitrogens with zero attached hydrogens (tertiary/aromatic N) is 2. The molecular weight excluding hydrogens is 216 g/mol. The Labute approximate surface area is 104 Å². The molecule has 0 amide bonds. The maximum Gasteiger partial charge on any atom is 0.324 e. The van der Waals surface area contributed by atoms with E-state index in [-0.39, 0.29) is 0 Å². The van der Waals surface area contributed by atoms with Crippen LogP contribution in [0.4, 0.5) is 0 Å². The minimum absolute atomic E-state index is 0.371. The molecule has 2 rings (SSSR count). The topological polar surface area (TPSA) is 43.8 Å². The number of rotatable bonds is 4. The Kier molecular flexibility index (Phi) is 3.46. The molecule has 17 heavy (non-hydrogen) atoms. The van der Waals surface area contributed by atoms with Crippen molar-refractivity contribution in [2.45, 2.75) is 44.2 Å². The number of piperidine rings is 1. The Balaban J connectivity index is 2.01. The Morgan fingerprint density at radius 3 is 2.12 bits per heavy atom. The van der Waals surface area contributed by atoms with Crippen LogP contribution in [-0.4, -0.2) is 59.6 Å². The van der Waals surface area contributed by atoms with E-state index in [1.54, 1.807) is 0 Å². The first-order valence-corrected chi connectivity index (χ1v) is 6.61. The fourth-order valence-corrected chi connectivity index (χ4v) is 3.06. The molecule has 1 unspecified atom stereocenters. The van der Waals surface area contributed by atoms with Gasteiger partial charge in [0.15, 0.2) is 0 Å². The molecule has 0 bridgehead atoms. The maximum absolute atomic E-state index is 11.6. The molecule has 1 saturated carbocycles. The predicted molar refractivity (Wildman–Crippen MR) is 67.0 cm³/mol. The van der Waals surface area contributed by atoms with E-state index in [0.29, 0.717) is 12.0 Å². The SMILES string of the molecule is CN(C)C1CCN(C(C)(C(=O)O)C2CC2)CC1. The lowest BCUT2D eigenvalue weighted by atomic mass is 9.90. The Bertz CT molecular complexity index is 294. The highest BCUT2D eigenvalue weighted by Crippen LogP contribution is 2.44. The van der Waals surface area contributed by atoms with E-state index in [9.17, 15) is 9.90 Å². The fraction of sp³-hybridized carbons (Fsp3) is 0.923. The first-order valence-electron chi connectivity index (χ1n) is 6.61. The third kappa shape index (κ3) is 2.33. The van der Waals surface area contributed by atoms with Crippen molar-refractivity contribution in [3.05, 3.63) is 0 Å². The smallest absolute Gasteiger partial charge is 0.324 e. The summed E-state index contributed by atoms with van der Waals surface area (Å²) in [4.78, 5) is 16.0. The van der Waals surface area contributed by atoms with Crippen molar-refractivity contribution in [3.8, 4) is 0 Å². The third-order valence-corrected chi connectivity index (χ3v) is 4.66. The molecule has 1 heterocycles. The first kappa shape index (κ1) is 12.8. The van der Waals surface area contributed by atoms with Crippen LogP contribution in [0.15, 0.2) is 0 Å². The van der Waals surface area contributed by atoms with Crippen molar-refractivity contribution >= 4 is 5.97 Å². The first-order chi connectivity index (χ1) is 7.96. The van der Waals surface area contributed by atoms with Crippen LogP contribution in [0, 0.1) is 5.92 Å². The van der Waals surface area contributed by atoms with E-state index in [1.165, 1.54) is 0 Å². The number of carbonyl (C=O) groups is 1. The molecule has 1 aliphatic carbocycles. The summed E-state index contributed by atoms with van der Waals surface area (Å²) in [5.74, 6) is -0.265. The zero-order chi connectivity index (χ0) is 12.6. The van der Waals surface area contributed by atoms with Crippen LogP contribution in [0.5, 0.6) is 0 Å². The van der Waals surface area contributed by atoms with E-state index in [1.807, 2.05) is 6.92 Å². The molecule has 0 aromatic heterocycles. The van der Waals surface area contributed by atoms with Crippen molar-refractivity contribution in [1.29, 1.82) is 0 Å². The molecule has 98 valence electrons. The number of carboxylic acid groups (broad SMARTS) is 1. The van der Waals surface area contributed by atoms with Crippen LogP contribution in [0.25, 0.3) is 0 Å². The van der Waals surface area contributed by atoms with E-state index in [0.717, 1.165) is 38.8 Å². The van der Waals surface area contributed by atoms with Crippen LogP contribution >= 0.6 is 0 Å². The molecule has 4 heteroatoms. The van der Waals surface area contributed by atoms with Crippen LogP contribution < -0.4 is 0 Å². The van der Waals surface area contributed by atoms with Gasteiger partial charge in [0.05, 0.1) is 0 Å². The molecule has 1 saturated heterocycles. The van der Waals surface area contributed by atoms with Gasteiger partial charge in [0.2, 0.25) is 0 Å². The molecule has 2 fully saturated rings. The summed E-state index contributed by atoms with van der Waals surface area (Å²) in [6, 6.07) is 0.614. The second kappa shape index (κ2) is 4.58. The molecule has 0 aromatic rings. The number of likely N-dealkylation sites (tertiary alicyclic amines) is 1. The quantitative estimate of drug-likeness (QED) is 0.803.